The van der Waals surface area contributed by atoms with Gasteiger partial charge in [0.15, 0.2) is 11.3 Å². The average molecular weight is 485 g/mol. The smallest absolute Gasteiger partial charge is 0.296 e. The number of aromatic nitrogens is 1. The number of nitrogens with one attached hydrogen (secondary N) is 2. The number of halogens is 1. The molecule has 2 N–H and O–H groups in total. The molecule has 0 radical (unpaired) electrons. The summed E-state index contributed by atoms with van der Waals surface area (Å²) in [5, 5.41) is 6.71. The minimum atomic E-state index is -0.0876. The van der Waals surface area contributed by atoms with Crippen molar-refractivity contribution in [2.75, 3.05) is 32.1 Å². The number of benzene rings is 2. The van der Waals surface area contributed by atoms with E-state index in [1.54, 1.807) is 19.2 Å². The highest BCUT2D eigenvalue weighted by molar-refractivity contribution is 6.30. The summed E-state index contributed by atoms with van der Waals surface area (Å²) in [5.74, 6) is 0.680. The van der Waals surface area contributed by atoms with Crippen LogP contribution in [0.15, 0.2) is 40.8 Å². The second kappa shape index (κ2) is 10.8. The number of oxazole rings is 1. The molecule has 9 heteroatoms. The van der Waals surface area contributed by atoms with Crippen LogP contribution in [0.4, 0.5) is 6.01 Å². The van der Waals surface area contributed by atoms with Crippen molar-refractivity contribution in [1.82, 2.24) is 15.2 Å². The van der Waals surface area contributed by atoms with Gasteiger partial charge in [0.2, 0.25) is 5.91 Å². The molecule has 1 fully saturated rings. The Morgan fingerprint density at radius 3 is 2.91 bits per heavy atom. The molecule has 180 valence electrons. The summed E-state index contributed by atoms with van der Waals surface area (Å²) in [5.41, 5.74) is 2.50. The van der Waals surface area contributed by atoms with Crippen LogP contribution in [0.2, 0.25) is 5.02 Å². The largest absolute Gasteiger partial charge is 0.493 e. The first kappa shape index (κ1) is 23.9. The molecule has 2 amide bonds. The highest BCUT2D eigenvalue weighted by Crippen LogP contribution is 2.31. The van der Waals surface area contributed by atoms with Gasteiger partial charge in [-0.25, -0.2) is 0 Å². The number of amides is 2. The quantitative estimate of drug-likeness (QED) is 0.465. The monoisotopic (exact) mass is 484 g/mol. The van der Waals surface area contributed by atoms with Crippen LogP contribution < -0.4 is 15.4 Å². The zero-order chi connectivity index (χ0) is 24.1. The van der Waals surface area contributed by atoms with Gasteiger partial charge in [0, 0.05) is 43.2 Å². The van der Waals surface area contributed by atoms with Gasteiger partial charge in [0.05, 0.1) is 7.11 Å². The van der Waals surface area contributed by atoms with Gasteiger partial charge in [-0.3, -0.25) is 9.59 Å². The molecule has 1 aliphatic rings. The van der Waals surface area contributed by atoms with E-state index in [4.69, 9.17) is 20.8 Å². The lowest BCUT2D eigenvalue weighted by Gasteiger charge is -2.30. The Balaban J connectivity index is 1.53. The predicted octanol–water partition coefficient (Wildman–Crippen LogP) is 4.48. The second-order valence-corrected chi connectivity index (χ2v) is 8.93. The molecular weight excluding hydrogens is 456 g/mol. The summed E-state index contributed by atoms with van der Waals surface area (Å²) in [4.78, 5) is 31.3. The third-order valence-electron chi connectivity index (χ3n) is 5.88. The minimum Gasteiger partial charge on any atom is -0.493 e. The molecule has 1 aromatic heterocycles. The van der Waals surface area contributed by atoms with Gasteiger partial charge in [0.25, 0.3) is 11.9 Å². The molecule has 1 atom stereocenters. The molecule has 2 heterocycles. The number of ether oxygens (including phenoxy) is 1. The zero-order valence-electron chi connectivity index (χ0n) is 19.4. The van der Waals surface area contributed by atoms with Crippen LogP contribution in [0.3, 0.4) is 0 Å². The predicted molar refractivity (Wildman–Crippen MR) is 131 cm³/mol. The van der Waals surface area contributed by atoms with E-state index in [1.165, 1.54) is 0 Å². The van der Waals surface area contributed by atoms with Gasteiger partial charge >= 0.3 is 0 Å². The topological polar surface area (TPSA) is 96.7 Å². The summed E-state index contributed by atoms with van der Waals surface area (Å²) in [7, 11) is 1.54. The molecule has 1 unspecified atom stereocenters. The van der Waals surface area contributed by atoms with E-state index in [0.29, 0.717) is 66.0 Å². The molecule has 0 spiro atoms. The Kier molecular flexibility index (Phi) is 7.57. The molecule has 1 aliphatic heterocycles. The van der Waals surface area contributed by atoms with Crippen LogP contribution in [0, 0.1) is 5.92 Å². The second-order valence-electron chi connectivity index (χ2n) is 8.49. The molecule has 3 aromatic rings. The number of carbonyl (C=O) groups is 2. The van der Waals surface area contributed by atoms with Crippen LogP contribution >= 0.6 is 11.6 Å². The summed E-state index contributed by atoms with van der Waals surface area (Å²) < 4.78 is 11.4. The van der Waals surface area contributed by atoms with Gasteiger partial charge < -0.3 is 24.7 Å². The van der Waals surface area contributed by atoms with E-state index in [2.05, 4.69) is 15.6 Å². The molecular formula is C25H29ClN4O4. The number of anilines is 1. The maximum atomic E-state index is 13.4. The van der Waals surface area contributed by atoms with Gasteiger partial charge in [-0.1, -0.05) is 30.7 Å². The SMILES string of the molecule is CCCN(CC1CCC(=O)NC1)C(=O)c1cc(OC)c2oc(NCc3cccc(Cl)c3)nc2c1. The first-order valence-corrected chi connectivity index (χ1v) is 11.9. The van der Waals surface area contributed by atoms with Gasteiger partial charge in [-0.15, -0.1) is 0 Å². The Bertz CT molecular complexity index is 1170. The first-order chi connectivity index (χ1) is 16.5. The molecule has 34 heavy (non-hydrogen) atoms. The molecule has 4 rings (SSSR count). The Hall–Kier alpha value is -3.26. The normalized spacial score (nSPS) is 15.7. The number of nitrogens with zero attached hydrogens (tertiary/aromatic N) is 2. The van der Waals surface area contributed by atoms with E-state index in [0.717, 1.165) is 18.4 Å². The highest BCUT2D eigenvalue weighted by Gasteiger charge is 2.25. The van der Waals surface area contributed by atoms with E-state index in [-0.39, 0.29) is 17.7 Å². The number of fused-ring (bicyclic) bond motifs is 1. The third kappa shape index (κ3) is 5.62. The molecule has 1 saturated heterocycles. The summed E-state index contributed by atoms with van der Waals surface area (Å²) in [6.07, 6.45) is 2.13. The number of carbonyl (C=O) groups excluding carboxylic acids is 2. The Morgan fingerprint density at radius 1 is 1.35 bits per heavy atom. The van der Waals surface area contributed by atoms with Crippen LogP contribution in [0.25, 0.3) is 11.1 Å². The molecule has 8 nitrogen and oxygen atoms in total. The fourth-order valence-corrected chi connectivity index (χ4v) is 4.37. The van der Waals surface area contributed by atoms with Crippen LogP contribution in [0.1, 0.15) is 42.1 Å². The summed E-state index contributed by atoms with van der Waals surface area (Å²) in [6.45, 7) is 4.36. The van der Waals surface area contributed by atoms with E-state index < -0.39 is 0 Å². The van der Waals surface area contributed by atoms with E-state index in [9.17, 15) is 9.59 Å². The van der Waals surface area contributed by atoms with Crippen molar-refractivity contribution >= 4 is 40.5 Å². The number of piperidine rings is 1. The Morgan fingerprint density at radius 2 is 2.21 bits per heavy atom. The first-order valence-electron chi connectivity index (χ1n) is 11.5. The summed E-state index contributed by atoms with van der Waals surface area (Å²) in [6, 6.07) is 11.3. The highest BCUT2D eigenvalue weighted by atomic mass is 35.5. The fourth-order valence-electron chi connectivity index (χ4n) is 4.16. The number of hydrogen-bond acceptors (Lipinski definition) is 6. The lowest BCUT2D eigenvalue weighted by atomic mass is 9.98. The van der Waals surface area contributed by atoms with Crippen molar-refractivity contribution in [3.05, 3.63) is 52.5 Å². The Labute approximate surface area is 203 Å². The number of rotatable bonds is 9. The van der Waals surface area contributed by atoms with Crippen molar-refractivity contribution in [1.29, 1.82) is 0 Å². The van der Waals surface area contributed by atoms with Gasteiger partial charge in [0.1, 0.15) is 5.52 Å². The van der Waals surface area contributed by atoms with Crippen molar-refractivity contribution < 1.29 is 18.7 Å². The number of methoxy groups -OCH3 is 1. The molecule has 0 aliphatic carbocycles. The fraction of sp³-hybridized carbons (Fsp3) is 0.400. The van der Waals surface area contributed by atoms with Crippen LogP contribution in [-0.4, -0.2) is 48.4 Å². The maximum absolute atomic E-state index is 13.4. The minimum absolute atomic E-state index is 0.0746. The van der Waals surface area contributed by atoms with Crippen molar-refractivity contribution in [2.45, 2.75) is 32.7 Å². The molecule has 0 saturated carbocycles. The summed E-state index contributed by atoms with van der Waals surface area (Å²) >= 11 is 6.06. The standard InChI is InChI=1S/C25H29ClN4O4/c1-3-9-30(15-17-7-8-22(31)27-14-17)24(32)18-11-20-23(21(12-18)33-2)34-25(29-20)28-13-16-5-4-6-19(26)10-16/h4-6,10-12,17H,3,7-9,13-15H2,1-2H3,(H,27,31)(H,28,29). The maximum Gasteiger partial charge on any atom is 0.296 e. The van der Waals surface area contributed by atoms with Crippen molar-refractivity contribution in [3.63, 3.8) is 0 Å². The van der Waals surface area contributed by atoms with Crippen LogP contribution in [0.5, 0.6) is 5.75 Å². The van der Waals surface area contributed by atoms with Crippen molar-refractivity contribution in [2.24, 2.45) is 5.92 Å². The van der Waals surface area contributed by atoms with E-state index >= 15 is 0 Å². The molecule has 2 aromatic carbocycles. The van der Waals surface area contributed by atoms with Crippen LogP contribution in [-0.2, 0) is 11.3 Å². The average Bonchev–Trinajstić information content (AvgIpc) is 3.26. The van der Waals surface area contributed by atoms with E-state index in [1.807, 2.05) is 36.1 Å². The third-order valence-corrected chi connectivity index (χ3v) is 6.12. The lowest BCUT2D eigenvalue weighted by molar-refractivity contribution is -0.123. The van der Waals surface area contributed by atoms with Gasteiger partial charge in [-0.2, -0.15) is 4.98 Å². The lowest BCUT2D eigenvalue weighted by Crippen LogP contribution is -2.43. The van der Waals surface area contributed by atoms with Gasteiger partial charge in [-0.05, 0) is 48.6 Å². The number of hydrogen-bond donors (Lipinski definition) is 2. The zero-order valence-corrected chi connectivity index (χ0v) is 20.2. The van der Waals surface area contributed by atoms with Crippen molar-refractivity contribution in [3.8, 4) is 5.75 Å². The molecule has 0 bridgehead atoms.